The van der Waals surface area contributed by atoms with E-state index in [-0.39, 0.29) is 11.9 Å². The monoisotopic (exact) mass is 482 g/mol. The first-order chi connectivity index (χ1) is 17.2. The van der Waals surface area contributed by atoms with Crippen molar-refractivity contribution in [3.05, 3.63) is 112 Å². The van der Waals surface area contributed by atoms with Crippen LogP contribution in [-0.4, -0.2) is 18.7 Å². The fourth-order valence-corrected chi connectivity index (χ4v) is 5.06. The van der Waals surface area contributed by atoms with Crippen LogP contribution in [0, 0.1) is 0 Å². The number of esters is 1. The Bertz CT molecular complexity index is 1340. The average molecular weight is 483 g/mol. The topological polar surface area (TPSA) is 50.7 Å². The maximum Gasteiger partial charge on any atom is 0.334 e. The number of nitrogens with zero attached hydrogens (tertiary/aromatic N) is 1. The summed E-state index contributed by atoms with van der Waals surface area (Å²) in [5.41, 5.74) is 5.45. The lowest BCUT2D eigenvalue weighted by atomic mass is 9.73. The molecule has 1 heterocycles. The van der Waals surface area contributed by atoms with Crippen molar-refractivity contribution >= 4 is 40.6 Å². The summed E-state index contributed by atoms with van der Waals surface area (Å²) in [4.78, 5) is 16.7. The summed E-state index contributed by atoms with van der Waals surface area (Å²) in [5, 5.41) is 6.05. The van der Waals surface area contributed by atoms with Crippen LogP contribution >= 0.6 is 11.6 Å². The summed E-state index contributed by atoms with van der Waals surface area (Å²) in [5.74, 6) is 0.0527. The lowest BCUT2D eigenvalue weighted by Gasteiger charge is -2.31. The van der Waals surface area contributed by atoms with Gasteiger partial charge in [-0.05, 0) is 64.4 Å². The van der Waals surface area contributed by atoms with E-state index in [1.54, 1.807) is 6.20 Å². The second-order valence-corrected chi connectivity index (χ2v) is 9.20. The molecule has 1 aliphatic heterocycles. The molecule has 3 aliphatic rings. The number of aliphatic imine (C=N–C) groups is 1. The summed E-state index contributed by atoms with van der Waals surface area (Å²) < 4.78 is 5.64. The number of benzene rings is 3. The molecule has 4 nitrogen and oxygen atoms in total. The molecule has 1 N–H and O–H groups in total. The minimum absolute atomic E-state index is 0.189. The lowest BCUT2D eigenvalue weighted by molar-refractivity contribution is -0.140. The van der Waals surface area contributed by atoms with Crippen molar-refractivity contribution < 1.29 is 9.53 Å². The molecule has 0 radical (unpaired) electrons. The van der Waals surface area contributed by atoms with Crippen LogP contribution in [0.4, 0.5) is 0 Å². The highest BCUT2D eigenvalue weighted by atomic mass is 35.5. The molecular weight excluding hydrogens is 456 g/mol. The smallest absolute Gasteiger partial charge is 0.334 e. The van der Waals surface area contributed by atoms with E-state index in [0.717, 1.165) is 47.5 Å². The van der Waals surface area contributed by atoms with Crippen LogP contribution < -0.4 is 5.32 Å². The standard InChI is InChI=1S/C26H21ClO2.C4H6N2/c27-19-11-9-18-10-12-21-20-7-4-8-24(22(20)13-14-23(21)25(18)15-19)26(28)29-16-17-5-2-1-3-6-17;1-2-6-4-3-5-1/h1-3,5-6,9-15,20H,4,7-8,16H2;1-3,6H,4H2/t20-;/m1./s1. The van der Waals surface area contributed by atoms with E-state index in [1.165, 1.54) is 21.9 Å². The van der Waals surface area contributed by atoms with Gasteiger partial charge in [-0.25, -0.2) is 4.79 Å². The molecule has 5 heteroatoms. The maximum atomic E-state index is 12.9. The first-order valence-electron chi connectivity index (χ1n) is 11.9. The zero-order chi connectivity index (χ0) is 24.0. The summed E-state index contributed by atoms with van der Waals surface area (Å²) in [6.45, 7) is 1.18. The first kappa shape index (κ1) is 23.1. The molecule has 0 unspecified atom stereocenters. The van der Waals surface area contributed by atoms with Gasteiger partial charge in [-0.15, -0.1) is 0 Å². The van der Waals surface area contributed by atoms with Gasteiger partial charge in [-0.3, -0.25) is 4.99 Å². The minimum atomic E-state index is -0.189. The van der Waals surface area contributed by atoms with Crippen LogP contribution in [0.25, 0.3) is 16.8 Å². The minimum Gasteiger partial charge on any atom is -0.457 e. The SMILES string of the molecule is C1=CNCC=N1.O=C(OCc1ccccc1)C1=C2C=Cc3c(ccc4ccc(Cl)cc34)[C@H]2CCC1. The summed E-state index contributed by atoms with van der Waals surface area (Å²) in [6.07, 6.45) is 12.4. The highest BCUT2D eigenvalue weighted by Gasteiger charge is 2.31. The highest BCUT2D eigenvalue weighted by molar-refractivity contribution is 6.31. The van der Waals surface area contributed by atoms with Gasteiger partial charge in [0, 0.05) is 41.7 Å². The Morgan fingerprint density at radius 3 is 2.69 bits per heavy atom. The molecule has 6 rings (SSSR count). The summed E-state index contributed by atoms with van der Waals surface area (Å²) in [6, 6.07) is 20.2. The fourth-order valence-electron chi connectivity index (χ4n) is 4.89. The maximum absolute atomic E-state index is 12.9. The van der Waals surface area contributed by atoms with Crippen LogP contribution in [-0.2, 0) is 16.1 Å². The van der Waals surface area contributed by atoms with Gasteiger partial charge in [-0.1, -0.05) is 72.3 Å². The molecule has 176 valence electrons. The normalized spacial score (nSPS) is 17.7. The predicted molar refractivity (Wildman–Crippen MR) is 143 cm³/mol. The zero-order valence-corrected chi connectivity index (χ0v) is 20.2. The van der Waals surface area contributed by atoms with Crippen molar-refractivity contribution in [1.82, 2.24) is 5.32 Å². The first-order valence-corrected chi connectivity index (χ1v) is 12.3. The second-order valence-electron chi connectivity index (χ2n) is 8.76. The van der Waals surface area contributed by atoms with Gasteiger partial charge in [0.25, 0.3) is 0 Å². The van der Waals surface area contributed by atoms with E-state index in [9.17, 15) is 4.79 Å². The van der Waals surface area contributed by atoms with Crippen LogP contribution in [0.3, 0.4) is 0 Å². The second kappa shape index (κ2) is 10.7. The Hall–Kier alpha value is -3.63. The Morgan fingerprint density at radius 1 is 1.09 bits per heavy atom. The molecule has 0 aromatic heterocycles. The van der Waals surface area contributed by atoms with Crippen molar-refractivity contribution in [2.75, 3.05) is 6.54 Å². The van der Waals surface area contributed by atoms with Crippen LogP contribution in [0.1, 0.15) is 41.9 Å². The Labute approximate surface area is 210 Å². The molecule has 1 atom stereocenters. The lowest BCUT2D eigenvalue weighted by Crippen LogP contribution is -2.19. The number of halogens is 1. The third kappa shape index (κ3) is 5.23. The van der Waals surface area contributed by atoms with Gasteiger partial charge in [0.2, 0.25) is 0 Å². The number of carbonyl (C=O) groups is 1. The zero-order valence-electron chi connectivity index (χ0n) is 19.4. The van der Waals surface area contributed by atoms with Crippen molar-refractivity contribution in [1.29, 1.82) is 0 Å². The molecule has 0 spiro atoms. The summed E-state index contributed by atoms with van der Waals surface area (Å²) in [7, 11) is 0. The number of hydrogen-bond donors (Lipinski definition) is 1. The van der Waals surface area contributed by atoms with Gasteiger partial charge in [-0.2, -0.15) is 0 Å². The number of carbonyl (C=O) groups excluding carboxylic acids is 1. The van der Waals surface area contributed by atoms with E-state index in [1.807, 2.05) is 54.9 Å². The molecular formula is C30H27ClN2O2. The van der Waals surface area contributed by atoms with Crippen LogP contribution in [0.15, 0.2) is 95.3 Å². The van der Waals surface area contributed by atoms with E-state index < -0.39 is 0 Å². The van der Waals surface area contributed by atoms with E-state index in [2.05, 4.69) is 40.7 Å². The number of fused-ring (bicyclic) bond motifs is 5. The number of hydrogen-bond acceptors (Lipinski definition) is 4. The third-order valence-electron chi connectivity index (χ3n) is 6.56. The van der Waals surface area contributed by atoms with Crippen LogP contribution in [0.5, 0.6) is 0 Å². The molecule has 0 saturated carbocycles. The van der Waals surface area contributed by atoms with E-state index >= 15 is 0 Å². The van der Waals surface area contributed by atoms with E-state index in [0.29, 0.717) is 6.61 Å². The number of nitrogens with one attached hydrogen (secondary N) is 1. The number of rotatable bonds is 3. The quantitative estimate of drug-likeness (QED) is 0.410. The Morgan fingerprint density at radius 2 is 1.94 bits per heavy atom. The van der Waals surface area contributed by atoms with Crippen molar-refractivity contribution in [2.24, 2.45) is 4.99 Å². The molecule has 35 heavy (non-hydrogen) atoms. The van der Waals surface area contributed by atoms with Gasteiger partial charge in [0.05, 0.1) is 0 Å². The largest absolute Gasteiger partial charge is 0.457 e. The average Bonchev–Trinajstić information content (AvgIpc) is 2.93. The Balaban J connectivity index is 0.000000371. The molecule has 2 aliphatic carbocycles. The molecule has 0 bridgehead atoms. The molecule has 0 amide bonds. The van der Waals surface area contributed by atoms with Gasteiger partial charge >= 0.3 is 5.97 Å². The summed E-state index contributed by atoms with van der Waals surface area (Å²) >= 11 is 6.25. The van der Waals surface area contributed by atoms with E-state index in [4.69, 9.17) is 16.3 Å². The number of allylic oxidation sites excluding steroid dienone is 2. The third-order valence-corrected chi connectivity index (χ3v) is 6.79. The highest BCUT2D eigenvalue weighted by Crippen LogP contribution is 2.45. The molecule has 0 saturated heterocycles. The Kier molecular flexibility index (Phi) is 7.10. The van der Waals surface area contributed by atoms with Gasteiger partial charge < -0.3 is 10.1 Å². The van der Waals surface area contributed by atoms with Gasteiger partial charge in [0.1, 0.15) is 6.61 Å². The number of ether oxygens (including phenoxy) is 1. The molecule has 3 aromatic carbocycles. The van der Waals surface area contributed by atoms with Gasteiger partial charge in [0.15, 0.2) is 0 Å². The van der Waals surface area contributed by atoms with Crippen molar-refractivity contribution in [3.63, 3.8) is 0 Å². The molecule has 3 aromatic rings. The van der Waals surface area contributed by atoms with Crippen molar-refractivity contribution in [3.8, 4) is 0 Å². The fraction of sp³-hybridized carbons (Fsp3) is 0.200. The molecule has 0 fully saturated rings. The van der Waals surface area contributed by atoms with Crippen LogP contribution in [0.2, 0.25) is 5.02 Å². The van der Waals surface area contributed by atoms with Crippen molar-refractivity contribution in [2.45, 2.75) is 31.8 Å². The predicted octanol–water partition coefficient (Wildman–Crippen LogP) is 6.96.